The van der Waals surface area contributed by atoms with E-state index in [2.05, 4.69) is 5.32 Å². The number of nitrogens with zero attached hydrogens (tertiary/aromatic N) is 2. The molecule has 1 aromatic heterocycles. The first-order valence-electron chi connectivity index (χ1n) is 8.89. The lowest BCUT2D eigenvalue weighted by atomic mass is 10.2. The van der Waals surface area contributed by atoms with Crippen molar-refractivity contribution in [2.75, 3.05) is 39.3 Å². The van der Waals surface area contributed by atoms with Gasteiger partial charge in [-0.25, -0.2) is 8.42 Å². The van der Waals surface area contributed by atoms with Crippen LogP contribution in [0, 0.1) is 0 Å². The average molecular weight is 431 g/mol. The molecule has 1 aliphatic rings. The second-order valence-electron chi connectivity index (χ2n) is 6.50. The average Bonchev–Trinajstić information content (AvgIpc) is 3.23. The summed E-state index contributed by atoms with van der Waals surface area (Å²) in [7, 11) is -3.85. The van der Waals surface area contributed by atoms with E-state index in [1.807, 2.05) is 4.90 Å². The van der Waals surface area contributed by atoms with Crippen molar-refractivity contribution in [1.82, 2.24) is 14.5 Å². The molecule has 158 valence electrons. The highest BCUT2D eigenvalue weighted by molar-refractivity contribution is 7.89. The number of halogens is 3. The van der Waals surface area contributed by atoms with Gasteiger partial charge in [0.1, 0.15) is 0 Å². The molecule has 7 nitrogen and oxygen atoms in total. The number of hydrogen-bond acceptors (Lipinski definition) is 5. The summed E-state index contributed by atoms with van der Waals surface area (Å²) in [6.45, 7) is 2.27. The quantitative estimate of drug-likeness (QED) is 0.757. The highest BCUT2D eigenvalue weighted by Crippen LogP contribution is 2.30. The lowest BCUT2D eigenvalue weighted by Crippen LogP contribution is -2.50. The Morgan fingerprint density at radius 1 is 1.07 bits per heavy atom. The highest BCUT2D eigenvalue weighted by atomic mass is 32.2. The van der Waals surface area contributed by atoms with Crippen LogP contribution < -0.4 is 5.32 Å². The van der Waals surface area contributed by atoms with Crippen LogP contribution in [0.3, 0.4) is 0 Å². The van der Waals surface area contributed by atoms with Crippen LogP contribution in [0.1, 0.15) is 16.1 Å². The zero-order valence-electron chi connectivity index (χ0n) is 15.4. The van der Waals surface area contributed by atoms with Gasteiger partial charge in [0.15, 0.2) is 5.76 Å². The van der Waals surface area contributed by atoms with Crippen molar-refractivity contribution in [2.45, 2.75) is 11.1 Å². The summed E-state index contributed by atoms with van der Waals surface area (Å²) in [4.78, 5) is 13.6. The van der Waals surface area contributed by atoms with Gasteiger partial charge in [-0.2, -0.15) is 17.5 Å². The summed E-state index contributed by atoms with van der Waals surface area (Å²) in [5.74, 6) is -0.101. The Hall–Kier alpha value is -2.37. The standard InChI is InChI=1S/C18H20F3N3O4S/c19-18(20,21)14-3-5-15(6-4-14)29(26,27)24-11-9-23(10-12-24)8-7-22-17(25)16-2-1-13-28-16/h1-6,13H,7-12H2,(H,22,25). The van der Waals surface area contributed by atoms with Crippen LogP contribution in [-0.4, -0.2) is 62.8 Å². The fraction of sp³-hybridized carbons (Fsp3) is 0.389. The molecule has 0 spiro atoms. The second kappa shape index (κ2) is 8.56. The van der Waals surface area contributed by atoms with Crippen molar-refractivity contribution in [3.8, 4) is 0 Å². The number of alkyl halides is 3. The molecule has 1 amide bonds. The number of carbonyl (C=O) groups is 1. The van der Waals surface area contributed by atoms with Gasteiger partial charge in [-0.1, -0.05) is 0 Å². The first-order chi connectivity index (χ1) is 13.7. The van der Waals surface area contributed by atoms with Gasteiger partial charge in [-0.05, 0) is 36.4 Å². The van der Waals surface area contributed by atoms with Crippen LogP contribution >= 0.6 is 0 Å². The Kier molecular flexibility index (Phi) is 6.30. The number of furan rings is 1. The maximum Gasteiger partial charge on any atom is 0.416 e. The molecule has 11 heteroatoms. The number of piperazine rings is 1. The van der Waals surface area contributed by atoms with Gasteiger partial charge in [0, 0.05) is 39.3 Å². The van der Waals surface area contributed by atoms with Gasteiger partial charge >= 0.3 is 6.18 Å². The van der Waals surface area contributed by atoms with Gasteiger partial charge in [0.25, 0.3) is 5.91 Å². The third-order valence-electron chi connectivity index (χ3n) is 4.61. The molecule has 29 heavy (non-hydrogen) atoms. The largest absolute Gasteiger partial charge is 0.459 e. The maximum atomic E-state index is 12.6. The molecule has 2 heterocycles. The monoisotopic (exact) mass is 431 g/mol. The van der Waals surface area contributed by atoms with Crippen molar-refractivity contribution in [3.63, 3.8) is 0 Å². The number of amides is 1. The molecule has 0 unspecified atom stereocenters. The van der Waals surface area contributed by atoms with E-state index in [0.717, 1.165) is 24.3 Å². The van der Waals surface area contributed by atoms with Gasteiger partial charge in [0.2, 0.25) is 10.0 Å². The number of nitrogens with one attached hydrogen (secondary N) is 1. The molecule has 3 rings (SSSR count). The molecule has 1 fully saturated rings. The highest BCUT2D eigenvalue weighted by Gasteiger charge is 2.32. The van der Waals surface area contributed by atoms with E-state index < -0.39 is 21.8 Å². The van der Waals surface area contributed by atoms with E-state index in [1.54, 1.807) is 12.1 Å². The number of carbonyl (C=O) groups excluding carboxylic acids is 1. The summed E-state index contributed by atoms with van der Waals surface area (Å²) in [5.41, 5.74) is -0.891. The molecule has 1 aliphatic heterocycles. The van der Waals surface area contributed by atoms with Crippen LogP contribution in [0.15, 0.2) is 52.0 Å². The molecule has 1 aromatic carbocycles. The normalized spacial score (nSPS) is 16.7. The Balaban J connectivity index is 1.50. The summed E-state index contributed by atoms with van der Waals surface area (Å²) in [5, 5.41) is 2.72. The summed E-state index contributed by atoms with van der Waals surface area (Å²) < 4.78 is 69.5. The van der Waals surface area contributed by atoms with E-state index in [-0.39, 0.29) is 29.7 Å². The van der Waals surface area contributed by atoms with E-state index in [4.69, 9.17) is 4.42 Å². The number of sulfonamides is 1. The Labute approximate surface area is 166 Å². The minimum Gasteiger partial charge on any atom is -0.459 e. The second-order valence-corrected chi connectivity index (χ2v) is 8.44. The molecule has 0 bridgehead atoms. The summed E-state index contributed by atoms with van der Waals surface area (Å²) in [6.07, 6.45) is -3.11. The number of hydrogen-bond donors (Lipinski definition) is 1. The number of benzene rings is 1. The SMILES string of the molecule is O=C(NCCN1CCN(S(=O)(=O)c2ccc(C(F)(F)F)cc2)CC1)c1ccco1. The maximum absolute atomic E-state index is 12.6. The van der Waals surface area contributed by atoms with E-state index in [0.29, 0.717) is 26.2 Å². The van der Waals surface area contributed by atoms with Gasteiger partial charge in [-0.15, -0.1) is 0 Å². The van der Waals surface area contributed by atoms with Gasteiger partial charge in [-0.3, -0.25) is 9.69 Å². The lowest BCUT2D eigenvalue weighted by Gasteiger charge is -2.34. The van der Waals surface area contributed by atoms with Crippen LogP contribution in [0.5, 0.6) is 0 Å². The zero-order valence-corrected chi connectivity index (χ0v) is 16.2. The van der Waals surface area contributed by atoms with E-state index >= 15 is 0 Å². The fourth-order valence-electron chi connectivity index (χ4n) is 2.98. The van der Waals surface area contributed by atoms with Crippen molar-refractivity contribution in [1.29, 1.82) is 0 Å². The zero-order chi connectivity index (χ0) is 21.1. The molecular formula is C18H20F3N3O4S. The fourth-order valence-corrected chi connectivity index (χ4v) is 4.40. The summed E-state index contributed by atoms with van der Waals surface area (Å²) >= 11 is 0. The first kappa shape index (κ1) is 21.3. The van der Waals surface area contributed by atoms with Crippen molar-refractivity contribution in [3.05, 3.63) is 54.0 Å². The summed E-state index contributed by atoms with van der Waals surface area (Å²) in [6, 6.07) is 6.67. The van der Waals surface area contributed by atoms with Gasteiger partial charge in [0.05, 0.1) is 16.7 Å². The van der Waals surface area contributed by atoms with E-state index in [1.165, 1.54) is 10.6 Å². The van der Waals surface area contributed by atoms with Crippen molar-refractivity contribution in [2.24, 2.45) is 0 Å². The Bertz CT molecular complexity index is 920. The molecule has 0 atom stereocenters. The molecule has 0 aliphatic carbocycles. The van der Waals surface area contributed by atoms with Crippen LogP contribution in [-0.2, 0) is 16.2 Å². The predicted molar refractivity (Wildman–Crippen MR) is 97.7 cm³/mol. The van der Waals surface area contributed by atoms with Crippen LogP contribution in [0.4, 0.5) is 13.2 Å². The molecule has 0 radical (unpaired) electrons. The smallest absolute Gasteiger partial charge is 0.416 e. The molecule has 1 saturated heterocycles. The number of rotatable bonds is 6. The lowest BCUT2D eigenvalue weighted by molar-refractivity contribution is -0.137. The third kappa shape index (κ3) is 5.17. The van der Waals surface area contributed by atoms with E-state index in [9.17, 15) is 26.4 Å². The predicted octanol–water partition coefficient (Wildman–Crippen LogP) is 2.03. The van der Waals surface area contributed by atoms with Crippen LogP contribution in [0.2, 0.25) is 0 Å². The van der Waals surface area contributed by atoms with Gasteiger partial charge < -0.3 is 9.73 Å². The minimum atomic E-state index is -4.51. The Morgan fingerprint density at radius 2 is 1.72 bits per heavy atom. The molecule has 1 N–H and O–H groups in total. The Morgan fingerprint density at radius 3 is 2.28 bits per heavy atom. The van der Waals surface area contributed by atoms with Crippen LogP contribution in [0.25, 0.3) is 0 Å². The minimum absolute atomic E-state index is 0.162. The first-order valence-corrected chi connectivity index (χ1v) is 10.3. The molecule has 2 aromatic rings. The topological polar surface area (TPSA) is 82.9 Å². The third-order valence-corrected chi connectivity index (χ3v) is 6.52. The molecular weight excluding hydrogens is 411 g/mol. The molecule has 0 saturated carbocycles. The van der Waals surface area contributed by atoms with Crippen molar-refractivity contribution < 1.29 is 30.8 Å². The van der Waals surface area contributed by atoms with Crippen molar-refractivity contribution >= 4 is 15.9 Å².